The maximum Gasteiger partial charge on any atom is 0.454 e. The van der Waals surface area contributed by atoms with Gasteiger partial charge in [0.1, 0.15) is 0 Å². The Morgan fingerprint density at radius 1 is 1.20 bits per heavy atom. The third-order valence-corrected chi connectivity index (χ3v) is 2.99. The van der Waals surface area contributed by atoms with Crippen molar-refractivity contribution in [3.63, 3.8) is 0 Å². The Morgan fingerprint density at radius 3 is 2.28 bits per heavy atom. The number of carbonyl (C=O) groups excluding carboxylic acids is 2. The number of halogens is 3. The fourth-order valence-corrected chi connectivity index (χ4v) is 1.69. The van der Waals surface area contributed by atoms with E-state index in [1.54, 1.807) is 43.3 Å². The summed E-state index contributed by atoms with van der Waals surface area (Å²) < 4.78 is 41.9. The quantitative estimate of drug-likeness (QED) is 0.462. The van der Waals surface area contributed by atoms with E-state index in [0.717, 1.165) is 5.56 Å². The number of nitrogens with zero attached hydrogens (tertiary/aromatic N) is 1. The molecule has 0 aliphatic rings. The fraction of sp³-hybridized carbons (Fsp3) is 0.294. The van der Waals surface area contributed by atoms with Gasteiger partial charge in [0.05, 0.1) is 12.7 Å². The zero-order valence-corrected chi connectivity index (χ0v) is 14.1. The predicted molar refractivity (Wildman–Crippen MR) is 86.6 cm³/mol. The Labute approximate surface area is 143 Å². The molecule has 25 heavy (non-hydrogen) atoms. The molecule has 0 radical (unpaired) electrons. The van der Waals surface area contributed by atoms with Crippen LogP contribution in [0.5, 0.6) is 0 Å². The van der Waals surface area contributed by atoms with Crippen molar-refractivity contribution >= 4 is 11.8 Å². The van der Waals surface area contributed by atoms with Crippen LogP contribution in [0.15, 0.2) is 48.3 Å². The van der Waals surface area contributed by atoms with Crippen molar-refractivity contribution in [2.75, 3.05) is 21.2 Å². The van der Waals surface area contributed by atoms with E-state index in [1.165, 1.54) is 19.4 Å². The van der Waals surface area contributed by atoms with Crippen LogP contribution in [0.25, 0.3) is 0 Å². The van der Waals surface area contributed by atoms with Crippen LogP contribution in [-0.4, -0.2) is 44.0 Å². The summed E-state index contributed by atoms with van der Waals surface area (Å²) in [7, 11) is 4.67. The molecule has 1 N–H and O–H groups in total. The number of benzene rings is 1. The van der Waals surface area contributed by atoms with E-state index in [2.05, 4.69) is 10.1 Å². The van der Waals surface area contributed by atoms with Gasteiger partial charge in [-0.3, -0.25) is 4.79 Å². The van der Waals surface area contributed by atoms with Gasteiger partial charge >= 0.3 is 12.1 Å². The van der Waals surface area contributed by atoms with Crippen molar-refractivity contribution in [1.29, 1.82) is 0 Å². The van der Waals surface area contributed by atoms with Crippen molar-refractivity contribution < 1.29 is 27.5 Å². The number of methoxy groups -OCH3 is 1. The molecule has 0 atom stereocenters. The van der Waals surface area contributed by atoms with Gasteiger partial charge in [-0.15, -0.1) is 0 Å². The lowest BCUT2D eigenvalue weighted by molar-refractivity contribution is -0.165. The minimum atomic E-state index is -4.93. The van der Waals surface area contributed by atoms with E-state index in [9.17, 15) is 22.8 Å². The molecule has 1 aromatic rings. The molecule has 1 rings (SSSR count). The van der Waals surface area contributed by atoms with Crippen molar-refractivity contribution in [2.45, 2.75) is 12.7 Å². The van der Waals surface area contributed by atoms with Gasteiger partial charge in [0.2, 0.25) is 0 Å². The van der Waals surface area contributed by atoms with Crippen molar-refractivity contribution in [3.05, 3.63) is 59.4 Å². The lowest BCUT2D eigenvalue weighted by atomic mass is 10.1. The van der Waals surface area contributed by atoms with E-state index >= 15 is 0 Å². The highest BCUT2D eigenvalue weighted by Crippen LogP contribution is 2.17. The number of carbonyl (C=O) groups is 2. The lowest BCUT2D eigenvalue weighted by Gasteiger charge is -2.11. The molecule has 0 saturated heterocycles. The van der Waals surface area contributed by atoms with Crippen LogP contribution >= 0.6 is 0 Å². The molecule has 0 fully saturated rings. The van der Waals surface area contributed by atoms with E-state index in [-0.39, 0.29) is 12.2 Å². The fourth-order valence-electron chi connectivity index (χ4n) is 1.69. The van der Waals surface area contributed by atoms with E-state index in [4.69, 9.17) is 0 Å². The molecule has 0 bridgehead atoms. The molecule has 5 nitrogen and oxygen atoms in total. The minimum absolute atomic E-state index is 0.0214. The Kier molecular flexibility index (Phi) is 7.22. The summed E-state index contributed by atoms with van der Waals surface area (Å²) in [5, 5.41) is 2.77. The van der Waals surface area contributed by atoms with Crippen LogP contribution in [-0.2, 0) is 16.1 Å². The zero-order chi connectivity index (χ0) is 19.0. The molecule has 0 aliphatic heterocycles. The molecular weight excluding hydrogens is 337 g/mol. The maximum atomic E-state index is 12.4. The van der Waals surface area contributed by atoms with E-state index in [1.807, 2.05) is 0 Å². The first-order valence-electron chi connectivity index (χ1n) is 7.22. The van der Waals surface area contributed by atoms with Crippen LogP contribution in [0.4, 0.5) is 13.2 Å². The van der Waals surface area contributed by atoms with Gasteiger partial charge in [-0.1, -0.05) is 12.1 Å². The van der Waals surface area contributed by atoms with Gasteiger partial charge in [0.15, 0.2) is 0 Å². The van der Waals surface area contributed by atoms with Crippen LogP contribution < -0.4 is 5.32 Å². The average molecular weight is 356 g/mol. The predicted octanol–water partition coefficient (Wildman–Crippen LogP) is 2.65. The monoisotopic (exact) mass is 356 g/mol. The number of nitrogens with one attached hydrogen (secondary N) is 1. The Bertz CT molecular complexity index is 663. The third kappa shape index (κ3) is 7.11. The van der Waals surface area contributed by atoms with Crippen molar-refractivity contribution in [3.8, 4) is 0 Å². The molecule has 8 heteroatoms. The molecule has 0 heterocycles. The molecule has 0 aliphatic carbocycles. The second-order valence-electron chi connectivity index (χ2n) is 5.28. The number of hydrogen-bond acceptors (Lipinski definition) is 5. The highest BCUT2D eigenvalue weighted by molar-refractivity contribution is 5.95. The van der Waals surface area contributed by atoms with E-state index in [0.29, 0.717) is 11.6 Å². The van der Waals surface area contributed by atoms with Crippen LogP contribution in [0, 0.1) is 0 Å². The summed E-state index contributed by atoms with van der Waals surface area (Å²) in [5.74, 6) is -2.43. The smallest absolute Gasteiger partial charge is 0.454 e. The molecule has 0 amide bonds. The summed E-state index contributed by atoms with van der Waals surface area (Å²) >= 11 is 0. The summed E-state index contributed by atoms with van der Waals surface area (Å²) in [6.07, 6.45) is -1.54. The van der Waals surface area contributed by atoms with Gasteiger partial charge in [0, 0.05) is 38.6 Å². The lowest BCUT2D eigenvalue weighted by Crippen LogP contribution is -2.23. The number of ketones is 1. The molecule has 0 saturated carbocycles. The average Bonchev–Trinajstić information content (AvgIpc) is 2.55. The number of allylic oxidation sites excluding steroid dienone is 2. The summed E-state index contributed by atoms with van der Waals surface area (Å²) in [6, 6.07) is 6.36. The number of rotatable bonds is 7. The maximum absolute atomic E-state index is 12.4. The van der Waals surface area contributed by atoms with Crippen LogP contribution in [0.3, 0.4) is 0 Å². The number of alkyl halides is 3. The third-order valence-electron chi connectivity index (χ3n) is 2.99. The zero-order valence-electron chi connectivity index (χ0n) is 14.1. The van der Waals surface area contributed by atoms with E-state index < -0.39 is 17.9 Å². The first-order chi connectivity index (χ1) is 11.6. The molecule has 0 aromatic heterocycles. The topological polar surface area (TPSA) is 58.6 Å². The largest absolute Gasteiger partial charge is 0.465 e. The summed E-state index contributed by atoms with van der Waals surface area (Å²) in [6.45, 7) is 0.177. The Hall–Kier alpha value is -2.77. The first-order valence-corrected chi connectivity index (χ1v) is 7.22. The Morgan fingerprint density at radius 2 is 1.80 bits per heavy atom. The second kappa shape index (κ2) is 8.91. The van der Waals surface area contributed by atoms with Gasteiger partial charge in [-0.05, 0) is 23.8 Å². The Balaban J connectivity index is 2.86. The number of hydrogen-bond donors (Lipinski definition) is 1. The highest BCUT2D eigenvalue weighted by atomic mass is 19.4. The molecule has 0 unspecified atom stereocenters. The molecular formula is C17H19F3N2O3. The molecule has 1 aromatic carbocycles. The normalized spacial score (nSPS) is 12.2. The van der Waals surface area contributed by atoms with Crippen molar-refractivity contribution in [2.24, 2.45) is 0 Å². The summed E-state index contributed by atoms with van der Waals surface area (Å²) in [5.41, 5.74) is 1.10. The second-order valence-corrected chi connectivity index (χ2v) is 5.28. The molecule has 136 valence electrons. The minimum Gasteiger partial charge on any atom is -0.465 e. The highest BCUT2D eigenvalue weighted by Gasteiger charge is 2.36. The van der Waals surface area contributed by atoms with Gasteiger partial charge in [-0.25, -0.2) is 4.79 Å². The van der Waals surface area contributed by atoms with Gasteiger partial charge in [-0.2, -0.15) is 13.2 Å². The van der Waals surface area contributed by atoms with Gasteiger partial charge < -0.3 is 15.0 Å². The van der Waals surface area contributed by atoms with Crippen molar-refractivity contribution in [1.82, 2.24) is 10.2 Å². The van der Waals surface area contributed by atoms with Crippen LogP contribution in [0.1, 0.15) is 15.9 Å². The molecule has 0 spiro atoms. The van der Waals surface area contributed by atoms with Gasteiger partial charge in [0.25, 0.3) is 5.78 Å². The SMILES string of the molecule is COC(=O)c1ccc(CNC(/C=C/N(C)C)=C/C(=O)C(F)(F)F)cc1. The number of esters is 1. The standard InChI is InChI=1S/C17H19F3N2O3/c1-22(2)9-8-14(10-15(23)17(18,19)20)21-11-12-4-6-13(7-5-12)16(24)25-3/h4-10,21H,11H2,1-3H3/b9-8+,14-10+. The first kappa shape index (κ1) is 20.3. The summed E-state index contributed by atoms with van der Waals surface area (Å²) in [4.78, 5) is 24.1. The van der Waals surface area contributed by atoms with Crippen LogP contribution in [0.2, 0.25) is 0 Å². The number of ether oxygens (including phenoxy) is 1.